The van der Waals surface area contributed by atoms with Crippen LogP contribution in [-0.2, 0) is 0 Å². The molecule has 0 fully saturated rings. The van der Waals surface area contributed by atoms with Crippen LogP contribution in [0.3, 0.4) is 0 Å². The molecule has 3 rings (SSSR count). The summed E-state index contributed by atoms with van der Waals surface area (Å²) in [5.74, 6) is 0.732. The van der Waals surface area contributed by atoms with Crippen molar-refractivity contribution in [3.8, 4) is 17.2 Å². The molecule has 0 radical (unpaired) electrons. The van der Waals surface area contributed by atoms with Crippen molar-refractivity contribution < 1.29 is 20.1 Å². The second-order valence-corrected chi connectivity index (χ2v) is 5.30. The molecule has 0 bridgehead atoms. The number of aromatic hydroxyl groups is 3. The summed E-state index contributed by atoms with van der Waals surface area (Å²) in [6.45, 7) is 3.74. The van der Waals surface area contributed by atoms with E-state index in [1.807, 2.05) is 38.1 Å². The number of carbonyl (C=O) groups is 1. The van der Waals surface area contributed by atoms with Crippen LogP contribution in [0, 0.1) is 13.8 Å². The average molecular weight is 338 g/mol. The maximum absolute atomic E-state index is 10.2. The molecular weight excluding hydrogens is 316 g/mol. The van der Waals surface area contributed by atoms with E-state index in [-0.39, 0.29) is 5.75 Å². The monoisotopic (exact) mass is 338 g/mol. The van der Waals surface area contributed by atoms with Gasteiger partial charge in [0.2, 0.25) is 0 Å². The van der Waals surface area contributed by atoms with Crippen molar-refractivity contribution in [3.05, 3.63) is 89.5 Å². The molecule has 0 aliphatic heterocycles. The van der Waals surface area contributed by atoms with Gasteiger partial charge in [-0.3, -0.25) is 4.79 Å². The highest BCUT2D eigenvalue weighted by Crippen LogP contribution is 2.15. The molecule has 0 spiro atoms. The molecule has 4 nitrogen and oxygen atoms in total. The first-order valence-electron chi connectivity index (χ1n) is 7.67. The molecule has 0 amide bonds. The molecule has 0 saturated heterocycles. The first-order chi connectivity index (χ1) is 11.9. The summed E-state index contributed by atoms with van der Waals surface area (Å²) >= 11 is 0. The number of rotatable bonds is 1. The number of aryl methyl sites for hydroxylation is 2. The third-order valence-electron chi connectivity index (χ3n) is 3.18. The quantitative estimate of drug-likeness (QED) is 0.566. The number of hydrogen-bond acceptors (Lipinski definition) is 4. The van der Waals surface area contributed by atoms with Crippen molar-refractivity contribution in [1.82, 2.24) is 0 Å². The van der Waals surface area contributed by atoms with Gasteiger partial charge in [-0.2, -0.15) is 0 Å². The lowest BCUT2D eigenvalue weighted by atomic mass is 10.1. The van der Waals surface area contributed by atoms with Gasteiger partial charge in [0.1, 0.15) is 17.2 Å². The molecule has 3 aromatic rings. The number of carbonyl (C=O) groups excluding carboxylic acids is 1. The summed E-state index contributed by atoms with van der Waals surface area (Å²) in [7, 11) is 0. The predicted molar refractivity (Wildman–Crippen MR) is 99.2 cm³/mol. The zero-order valence-electron chi connectivity index (χ0n) is 14.3. The summed E-state index contributed by atoms with van der Waals surface area (Å²) < 4.78 is 0. The van der Waals surface area contributed by atoms with E-state index < -0.39 is 0 Å². The van der Waals surface area contributed by atoms with Gasteiger partial charge < -0.3 is 15.3 Å². The highest BCUT2D eigenvalue weighted by atomic mass is 16.3. The van der Waals surface area contributed by atoms with Crippen LogP contribution < -0.4 is 0 Å². The summed E-state index contributed by atoms with van der Waals surface area (Å²) in [6.07, 6.45) is 0.641. The lowest BCUT2D eigenvalue weighted by Crippen LogP contribution is -1.81. The minimum absolute atomic E-state index is 0.0422. The van der Waals surface area contributed by atoms with Gasteiger partial charge in [-0.1, -0.05) is 48.0 Å². The molecule has 0 heterocycles. The van der Waals surface area contributed by atoms with Gasteiger partial charge in [-0.25, -0.2) is 0 Å². The molecule has 0 aliphatic carbocycles. The van der Waals surface area contributed by atoms with Crippen molar-refractivity contribution in [2.24, 2.45) is 0 Å². The van der Waals surface area contributed by atoms with Gasteiger partial charge in [0.25, 0.3) is 0 Å². The SMILES string of the molecule is Cc1ccc(O)c(C=O)c1.Cc1ccccc1O.Oc1ccccc1. The van der Waals surface area contributed by atoms with Crippen LogP contribution in [0.25, 0.3) is 0 Å². The Bertz CT molecular complexity index is 762. The summed E-state index contributed by atoms with van der Waals surface area (Å²) in [5.41, 5.74) is 2.24. The van der Waals surface area contributed by atoms with E-state index in [9.17, 15) is 4.79 Å². The molecule has 0 unspecified atom stereocenters. The van der Waals surface area contributed by atoms with E-state index in [1.165, 1.54) is 6.07 Å². The Balaban J connectivity index is 0.000000191. The highest BCUT2D eigenvalue weighted by molar-refractivity contribution is 5.79. The fourth-order valence-corrected chi connectivity index (χ4v) is 1.76. The van der Waals surface area contributed by atoms with Crippen molar-refractivity contribution in [1.29, 1.82) is 0 Å². The summed E-state index contributed by atoms with van der Waals surface area (Å²) in [6, 6.07) is 20.9. The lowest BCUT2D eigenvalue weighted by molar-refractivity contribution is 0.112. The Labute approximate surface area is 147 Å². The normalized spacial score (nSPS) is 9.04. The molecule has 3 N–H and O–H groups in total. The fraction of sp³-hybridized carbons (Fsp3) is 0.0952. The predicted octanol–water partition coefficient (Wildman–Crippen LogP) is 4.61. The minimum atomic E-state index is 0.0422. The molecule has 25 heavy (non-hydrogen) atoms. The third kappa shape index (κ3) is 7.70. The average Bonchev–Trinajstić information content (AvgIpc) is 2.61. The molecule has 4 heteroatoms. The molecule has 3 aromatic carbocycles. The van der Waals surface area contributed by atoms with Crippen LogP contribution >= 0.6 is 0 Å². The van der Waals surface area contributed by atoms with E-state index in [4.69, 9.17) is 15.3 Å². The highest BCUT2D eigenvalue weighted by Gasteiger charge is 1.96. The van der Waals surface area contributed by atoms with Gasteiger partial charge in [0, 0.05) is 0 Å². The number of aldehydes is 1. The molecule has 0 aromatic heterocycles. The first kappa shape index (κ1) is 19.8. The molecule has 0 atom stereocenters. The largest absolute Gasteiger partial charge is 0.508 e. The third-order valence-corrected chi connectivity index (χ3v) is 3.18. The smallest absolute Gasteiger partial charge is 0.153 e. The fourth-order valence-electron chi connectivity index (χ4n) is 1.76. The number of hydrogen-bond donors (Lipinski definition) is 3. The zero-order valence-corrected chi connectivity index (χ0v) is 14.3. The Morgan fingerprint density at radius 1 is 0.720 bits per heavy atom. The van der Waals surface area contributed by atoms with E-state index in [2.05, 4.69) is 0 Å². The second kappa shape index (κ2) is 10.5. The standard InChI is InChI=1S/C8H8O2.C7H8O.C6H6O/c1-6-2-3-8(10)7(4-6)5-9;1-6-4-2-3-5-7(6)8;7-6-4-2-1-3-5-6/h2-5,10H,1H3;2-5,8H,1H3;1-5,7H. The molecule has 130 valence electrons. The Kier molecular flexibility index (Phi) is 8.30. The van der Waals surface area contributed by atoms with Crippen molar-refractivity contribution >= 4 is 6.29 Å². The van der Waals surface area contributed by atoms with E-state index in [0.29, 0.717) is 23.3 Å². The van der Waals surface area contributed by atoms with E-state index in [0.717, 1.165) is 11.1 Å². The van der Waals surface area contributed by atoms with Crippen LogP contribution in [-0.4, -0.2) is 21.6 Å². The second-order valence-electron chi connectivity index (χ2n) is 5.30. The number of phenols is 3. The van der Waals surface area contributed by atoms with Crippen LogP contribution in [0.15, 0.2) is 72.8 Å². The van der Waals surface area contributed by atoms with Gasteiger partial charge in [-0.15, -0.1) is 0 Å². The van der Waals surface area contributed by atoms with Crippen molar-refractivity contribution in [2.75, 3.05) is 0 Å². The van der Waals surface area contributed by atoms with Gasteiger partial charge in [-0.05, 0) is 49.7 Å². The number of benzene rings is 3. The first-order valence-corrected chi connectivity index (χ1v) is 7.67. The van der Waals surface area contributed by atoms with Gasteiger partial charge >= 0.3 is 0 Å². The van der Waals surface area contributed by atoms with Crippen LogP contribution in [0.1, 0.15) is 21.5 Å². The Morgan fingerprint density at radius 2 is 1.32 bits per heavy atom. The maximum atomic E-state index is 10.2. The maximum Gasteiger partial charge on any atom is 0.153 e. The lowest BCUT2D eigenvalue weighted by Gasteiger charge is -1.96. The van der Waals surface area contributed by atoms with Gasteiger partial charge in [0.05, 0.1) is 5.56 Å². The molecule has 0 aliphatic rings. The van der Waals surface area contributed by atoms with Crippen LogP contribution in [0.4, 0.5) is 0 Å². The Morgan fingerprint density at radius 3 is 1.72 bits per heavy atom. The van der Waals surface area contributed by atoms with Crippen LogP contribution in [0.5, 0.6) is 17.2 Å². The molecular formula is C21H22O4. The Hall–Kier alpha value is -3.27. The topological polar surface area (TPSA) is 77.8 Å². The number of para-hydroxylation sites is 2. The number of phenolic OH excluding ortho intramolecular Hbond substituents is 3. The van der Waals surface area contributed by atoms with E-state index >= 15 is 0 Å². The van der Waals surface area contributed by atoms with E-state index in [1.54, 1.807) is 42.5 Å². The van der Waals surface area contributed by atoms with Gasteiger partial charge in [0.15, 0.2) is 6.29 Å². The minimum Gasteiger partial charge on any atom is -0.508 e. The van der Waals surface area contributed by atoms with Crippen LogP contribution in [0.2, 0.25) is 0 Å². The molecule has 0 saturated carbocycles. The van der Waals surface area contributed by atoms with Crippen molar-refractivity contribution in [3.63, 3.8) is 0 Å². The zero-order chi connectivity index (χ0) is 18.7. The van der Waals surface area contributed by atoms with Crippen molar-refractivity contribution in [2.45, 2.75) is 13.8 Å². The summed E-state index contributed by atoms with van der Waals surface area (Å²) in [5, 5.41) is 26.6. The summed E-state index contributed by atoms with van der Waals surface area (Å²) in [4.78, 5) is 10.2.